The first-order valence-electron chi connectivity index (χ1n) is 8.93. The molecule has 0 saturated heterocycles. The van der Waals surface area contributed by atoms with Crippen LogP contribution in [0, 0.1) is 12.7 Å². The number of hydrogen-bond acceptors (Lipinski definition) is 3. The largest absolute Gasteiger partial charge is 0.323 e. The second kappa shape index (κ2) is 9.67. The van der Waals surface area contributed by atoms with Gasteiger partial charge in [0.25, 0.3) is 0 Å². The van der Waals surface area contributed by atoms with Crippen LogP contribution in [0.4, 0.5) is 26.2 Å². The molecule has 3 N–H and O–H groups in total. The predicted octanol–water partition coefficient (Wildman–Crippen LogP) is 5.48. The molecule has 3 rings (SSSR count). The van der Waals surface area contributed by atoms with Gasteiger partial charge in [-0.25, -0.2) is 9.18 Å². The number of nitrogens with zero attached hydrogens (tertiary/aromatic N) is 1. The van der Waals surface area contributed by atoms with Gasteiger partial charge in [-0.2, -0.15) is 0 Å². The molecule has 0 bridgehead atoms. The van der Waals surface area contributed by atoms with Gasteiger partial charge in [-0.15, -0.1) is 0 Å². The van der Waals surface area contributed by atoms with E-state index in [1.807, 2.05) is 13.0 Å². The maximum atomic E-state index is 13.2. The maximum absolute atomic E-state index is 13.2. The number of amides is 3. The van der Waals surface area contributed by atoms with Crippen LogP contribution in [-0.4, -0.2) is 16.9 Å². The van der Waals surface area contributed by atoms with Crippen LogP contribution >= 0.6 is 11.6 Å². The van der Waals surface area contributed by atoms with E-state index >= 15 is 0 Å². The van der Waals surface area contributed by atoms with Gasteiger partial charge in [0.1, 0.15) is 5.82 Å². The Kier molecular flexibility index (Phi) is 6.77. The molecule has 0 unspecified atom stereocenters. The van der Waals surface area contributed by atoms with Gasteiger partial charge in [-0.05, 0) is 60.5 Å². The summed E-state index contributed by atoms with van der Waals surface area (Å²) < 4.78 is 13.2. The number of pyridine rings is 1. The number of hydrogen-bond donors (Lipinski definition) is 3. The topological polar surface area (TPSA) is 83.1 Å². The lowest BCUT2D eigenvalue weighted by Gasteiger charge is -2.12. The second-order valence-corrected chi connectivity index (χ2v) is 6.75. The predicted molar refractivity (Wildman–Crippen MR) is 117 cm³/mol. The molecule has 0 saturated carbocycles. The van der Waals surface area contributed by atoms with E-state index in [1.165, 1.54) is 18.2 Å². The molecule has 0 spiro atoms. The molecule has 0 aliphatic rings. The molecule has 1 heterocycles. The number of aromatic nitrogens is 1. The van der Waals surface area contributed by atoms with Crippen molar-refractivity contribution in [2.75, 3.05) is 16.0 Å². The number of benzene rings is 2. The maximum Gasteiger partial charge on any atom is 0.323 e. The minimum absolute atomic E-state index is 0.0903. The fourth-order valence-electron chi connectivity index (χ4n) is 2.52. The van der Waals surface area contributed by atoms with Gasteiger partial charge in [-0.1, -0.05) is 23.7 Å². The summed E-state index contributed by atoms with van der Waals surface area (Å²) in [6.45, 7) is 1.84. The van der Waals surface area contributed by atoms with Gasteiger partial charge in [0.15, 0.2) is 0 Å². The first kappa shape index (κ1) is 21.0. The smallest absolute Gasteiger partial charge is 0.322 e. The first-order valence-corrected chi connectivity index (χ1v) is 9.31. The number of rotatable bonds is 5. The molecule has 0 atom stereocenters. The standard InChI is InChI=1S/C22H18ClFN4O2/c1-14-4-6-17(27-22(30)26-16-7-8-19(24)18(23)11-16)12-20(14)28-21(29)9-5-15-3-2-10-25-13-15/h2-13H,1H3,(H,28,29)(H2,26,27,30)/b9-5-. The summed E-state index contributed by atoms with van der Waals surface area (Å²) in [7, 11) is 0. The number of nitrogens with one attached hydrogen (secondary N) is 3. The van der Waals surface area contributed by atoms with Gasteiger partial charge >= 0.3 is 6.03 Å². The molecule has 8 heteroatoms. The number of urea groups is 1. The highest BCUT2D eigenvalue weighted by molar-refractivity contribution is 6.31. The number of aryl methyl sites for hydroxylation is 1. The van der Waals surface area contributed by atoms with Gasteiger partial charge in [-0.3, -0.25) is 9.78 Å². The van der Waals surface area contributed by atoms with Gasteiger partial charge < -0.3 is 16.0 Å². The molecular weight excluding hydrogens is 407 g/mol. The van der Waals surface area contributed by atoms with E-state index in [9.17, 15) is 14.0 Å². The van der Waals surface area contributed by atoms with Crippen molar-refractivity contribution in [3.8, 4) is 0 Å². The SMILES string of the molecule is Cc1ccc(NC(=O)Nc2ccc(F)c(Cl)c2)cc1NC(=O)/C=C\c1cccnc1. The van der Waals surface area contributed by atoms with Crippen molar-refractivity contribution in [1.29, 1.82) is 0 Å². The third kappa shape index (κ3) is 5.89. The Morgan fingerprint density at radius 1 is 1.03 bits per heavy atom. The Morgan fingerprint density at radius 3 is 2.47 bits per heavy atom. The van der Waals surface area contributed by atoms with Crippen LogP contribution in [0.2, 0.25) is 5.02 Å². The Hall–Kier alpha value is -3.71. The molecule has 0 fully saturated rings. The van der Waals surface area contributed by atoms with Crippen LogP contribution in [0.1, 0.15) is 11.1 Å². The fourth-order valence-corrected chi connectivity index (χ4v) is 2.70. The lowest BCUT2D eigenvalue weighted by molar-refractivity contribution is -0.111. The Labute approximate surface area is 177 Å². The van der Waals surface area contributed by atoms with E-state index in [4.69, 9.17) is 11.6 Å². The molecule has 1 aromatic heterocycles. The number of halogens is 2. The van der Waals surface area contributed by atoms with Crippen LogP contribution in [0.3, 0.4) is 0 Å². The molecule has 152 valence electrons. The highest BCUT2D eigenvalue weighted by Crippen LogP contribution is 2.22. The third-order valence-electron chi connectivity index (χ3n) is 4.04. The zero-order chi connectivity index (χ0) is 21.5. The number of carbonyl (C=O) groups excluding carboxylic acids is 2. The quantitative estimate of drug-likeness (QED) is 0.474. The van der Waals surface area contributed by atoms with Gasteiger partial charge in [0, 0.05) is 35.5 Å². The van der Waals surface area contributed by atoms with E-state index in [0.717, 1.165) is 17.2 Å². The zero-order valence-electron chi connectivity index (χ0n) is 15.9. The molecule has 2 aromatic carbocycles. The van der Waals surface area contributed by atoms with E-state index in [1.54, 1.807) is 42.7 Å². The Bertz CT molecular complexity index is 1100. The van der Waals surface area contributed by atoms with Crippen LogP contribution in [0.15, 0.2) is 67.0 Å². The average Bonchev–Trinajstić information content (AvgIpc) is 2.72. The summed E-state index contributed by atoms with van der Waals surface area (Å²) in [5, 5.41) is 7.92. The summed E-state index contributed by atoms with van der Waals surface area (Å²) >= 11 is 5.71. The number of carbonyl (C=O) groups is 2. The van der Waals surface area contributed by atoms with Crippen molar-refractivity contribution >= 4 is 46.7 Å². The second-order valence-electron chi connectivity index (χ2n) is 6.35. The lowest BCUT2D eigenvalue weighted by atomic mass is 10.1. The Balaban J connectivity index is 1.64. The molecule has 30 heavy (non-hydrogen) atoms. The lowest BCUT2D eigenvalue weighted by Crippen LogP contribution is -2.19. The van der Waals surface area contributed by atoms with E-state index in [2.05, 4.69) is 20.9 Å². The molecule has 0 aliphatic carbocycles. The highest BCUT2D eigenvalue weighted by Gasteiger charge is 2.08. The fraction of sp³-hybridized carbons (Fsp3) is 0.0455. The van der Waals surface area contributed by atoms with Crippen molar-refractivity contribution in [3.63, 3.8) is 0 Å². The van der Waals surface area contributed by atoms with Crippen molar-refractivity contribution in [2.45, 2.75) is 6.92 Å². The summed E-state index contributed by atoms with van der Waals surface area (Å²) in [5.41, 5.74) is 3.00. The van der Waals surface area contributed by atoms with Crippen molar-refractivity contribution < 1.29 is 14.0 Å². The average molecular weight is 425 g/mol. The van der Waals surface area contributed by atoms with Crippen molar-refractivity contribution in [3.05, 3.63) is 89.0 Å². The zero-order valence-corrected chi connectivity index (χ0v) is 16.7. The minimum atomic E-state index is -0.570. The minimum Gasteiger partial charge on any atom is -0.322 e. The molecule has 3 aromatic rings. The molecule has 0 aliphatic heterocycles. The molecule has 6 nitrogen and oxygen atoms in total. The molecule has 3 amide bonds. The summed E-state index contributed by atoms with van der Waals surface area (Å²) in [6, 6.07) is 12.1. The normalized spacial score (nSPS) is 10.6. The summed E-state index contributed by atoms with van der Waals surface area (Å²) in [6.07, 6.45) is 6.36. The van der Waals surface area contributed by atoms with E-state index < -0.39 is 11.8 Å². The van der Waals surface area contributed by atoms with Crippen molar-refractivity contribution in [2.24, 2.45) is 0 Å². The van der Waals surface area contributed by atoms with Gasteiger partial charge in [0.05, 0.1) is 5.02 Å². The van der Waals surface area contributed by atoms with Crippen LogP contribution in [-0.2, 0) is 4.79 Å². The number of anilines is 3. The Morgan fingerprint density at radius 2 is 1.77 bits per heavy atom. The highest BCUT2D eigenvalue weighted by atomic mass is 35.5. The van der Waals surface area contributed by atoms with E-state index in [-0.39, 0.29) is 10.9 Å². The van der Waals surface area contributed by atoms with Crippen molar-refractivity contribution in [1.82, 2.24) is 4.98 Å². The van der Waals surface area contributed by atoms with Crippen LogP contribution in [0.5, 0.6) is 0 Å². The molecule has 0 radical (unpaired) electrons. The van der Waals surface area contributed by atoms with Crippen LogP contribution < -0.4 is 16.0 Å². The van der Waals surface area contributed by atoms with Crippen LogP contribution in [0.25, 0.3) is 6.08 Å². The first-order chi connectivity index (χ1) is 14.4. The van der Waals surface area contributed by atoms with E-state index in [0.29, 0.717) is 17.1 Å². The van der Waals surface area contributed by atoms with Gasteiger partial charge in [0.2, 0.25) is 5.91 Å². The summed E-state index contributed by atoms with van der Waals surface area (Å²) in [5.74, 6) is -0.886. The summed E-state index contributed by atoms with van der Waals surface area (Å²) in [4.78, 5) is 28.4. The monoisotopic (exact) mass is 424 g/mol. The third-order valence-corrected chi connectivity index (χ3v) is 4.33. The molecular formula is C22H18ClFN4O2.